The lowest BCUT2D eigenvalue weighted by Gasteiger charge is -2.42. The molecule has 0 spiro atoms. The number of carboxylic acid groups (broad SMARTS) is 2. The largest absolute Gasteiger partial charge is 0.490 e. The number of aliphatic carboxylic acids is 2. The number of nitrogens with one attached hydrogen (secondary N) is 1. The number of anilines is 1. The monoisotopic (exact) mass is 463 g/mol. The maximum absolute atomic E-state index is 12.9. The normalized spacial score (nSPS) is 21.8. The maximum atomic E-state index is 12.9. The fourth-order valence-electron chi connectivity index (χ4n) is 3.83. The molecule has 178 valence electrons. The van der Waals surface area contributed by atoms with Crippen molar-refractivity contribution in [1.29, 1.82) is 0 Å². The smallest absolute Gasteiger partial charge is 0.481 e. The Labute approximate surface area is 181 Å². The number of carbonyl (C=O) groups excluding carboxylic acids is 1. The number of nitrogens with zero attached hydrogens (tertiary/aromatic N) is 2. The minimum absolute atomic E-state index is 0.0774. The third kappa shape index (κ3) is 7.36. The SMILES string of the molecule is O=C(O)C(F)(F)F.O=C(O)[C@@H]1CCCC[C@H]1N1CCN(C(=O)Nc2ccc(F)cc2)CC1. The molecule has 2 atom stereocenters. The molecule has 0 bridgehead atoms. The van der Waals surface area contributed by atoms with E-state index in [-0.39, 0.29) is 23.8 Å². The molecule has 3 rings (SSSR count). The summed E-state index contributed by atoms with van der Waals surface area (Å²) in [5.74, 6) is -4.10. The zero-order chi connectivity index (χ0) is 23.9. The summed E-state index contributed by atoms with van der Waals surface area (Å²) in [5.41, 5.74) is 0.562. The molecule has 0 aromatic heterocycles. The highest BCUT2D eigenvalue weighted by Crippen LogP contribution is 2.29. The summed E-state index contributed by atoms with van der Waals surface area (Å²) < 4.78 is 44.7. The van der Waals surface area contributed by atoms with Gasteiger partial charge in [0.05, 0.1) is 5.92 Å². The van der Waals surface area contributed by atoms with E-state index < -0.39 is 18.1 Å². The van der Waals surface area contributed by atoms with Gasteiger partial charge in [-0.1, -0.05) is 12.8 Å². The first-order valence-corrected chi connectivity index (χ1v) is 10.1. The number of carboxylic acids is 2. The van der Waals surface area contributed by atoms with Gasteiger partial charge in [-0.15, -0.1) is 0 Å². The number of hydrogen-bond donors (Lipinski definition) is 3. The van der Waals surface area contributed by atoms with Gasteiger partial charge in [-0.05, 0) is 37.1 Å². The number of halogens is 4. The highest BCUT2D eigenvalue weighted by Gasteiger charge is 2.38. The number of benzene rings is 1. The molecular formula is C20H25F4N3O5. The quantitative estimate of drug-likeness (QED) is 0.594. The average Bonchev–Trinajstić information content (AvgIpc) is 2.75. The second-order valence-corrected chi connectivity index (χ2v) is 7.56. The van der Waals surface area contributed by atoms with Crippen LogP contribution in [0.15, 0.2) is 24.3 Å². The van der Waals surface area contributed by atoms with Crippen LogP contribution >= 0.6 is 0 Å². The molecule has 1 aromatic carbocycles. The first-order chi connectivity index (χ1) is 15.0. The van der Waals surface area contributed by atoms with Gasteiger partial charge >= 0.3 is 24.1 Å². The van der Waals surface area contributed by atoms with E-state index in [2.05, 4.69) is 10.2 Å². The van der Waals surface area contributed by atoms with E-state index in [4.69, 9.17) is 9.90 Å². The third-order valence-electron chi connectivity index (χ3n) is 5.46. The first kappa shape index (κ1) is 25.4. The van der Waals surface area contributed by atoms with Gasteiger partial charge in [-0.2, -0.15) is 13.2 Å². The lowest BCUT2D eigenvalue weighted by atomic mass is 9.83. The van der Waals surface area contributed by atoms with Crippen LogP contribution in [-0.4, -0.2) is 76.4 Å². The number of amides is 2. The number of piperazine rings is 1. The molecule has 12 heteroatoms. The van der Waals surface area contributed by atoms with Crippen molar-refractivity contribution >= 4 is 23.7 Å². The summed E-state index contributed by atoms with van der Waals surface area (Å²) in [5, 5.41) is 19.3. The van der Waals surface area contributed by atoms with Crippen LogP contribution < -0.4 is 5.32 Å². The highest BCUT2D eigenvalue weighted by atomic mass is 19.4. The molecule has 2 aliphatic rings. The number of rotatable bonds is 3. The second kappa shape index (κ2) is 11.1. The first-order valence-electron chi connectivity index (χ1n) is 10.1. The van der Waals surface area contributed by atoms with E-state index in [0.717, 1.165) is 25.7 Å². The van der Waals surface area contributed by atoms with Crippen LogP contribution in [-0.2, 0) is 9.59 Å². The van der Waals surface area contributed by atoms with Crippen molar-refractivity contribution in [3.05, 3.63) is 30.1 Å². The Balaban J connectivity index is 0.000000451. The zero-order valence-electron chi connectivity index (χ0n) is 17.1. The molecule has 0 unspecified atom stereocenters. The van der Waals surface area contributed by atoms with Gasteiger partial charge in [0, 0.05) is 37.9 Å². The number of carbonyl (C=O) groups is 3. The highest BCUT2D eigenvalue weighted by molar-refractivity contribution is 5.89. The molecule has 1 aromatic rings. The summed E-state index contributed by atoms with van der Waals surface area (Å²) >= 11 is 0. The van der Waals surface area contributed by atoms with Crippen LogP contribution in [0, 0.1) is 11.7 Å². The predicted octanol–water partition coefficient (Wildman–Crippen LogP) is 3.25. The molecule has 1 aliphatic heterocycles. The van der Waals surface area contributed by atoms with Crippen molar-refractivity contribution in [2.24, 2.45) is 5.92 Å². The molecule has 0 radical (unpaired) electrons. The van der Waals surface area contributed by atoms with E-state index >= 15 is 0 Å². The third-order valence-corrected chi connectivity index (χ3v) is 5.46. The van der Waals surface area contributed by atoms with Gasteiger partial charge in [0.1, 0.15) is 5.82 Å². The van der Waals surface area contributed by atoms with Gasteiger partial charge in [0.25, 0.3) is 0 Å². The maximum Gasteiger partial charge on any atom is 0.490 e. The Hall–Kier alpha value is -2.89. The molecule has 1 heterocycles. The topological polar surface area (TPSA) is 110 Å². The molecule has 3 N–H and O–H groups in total. The van der Waals surface area contributed by atoms with Crippen molar-refractivity contribution in [3.8, 4) is 0 Å². The Morgan fingerprint density at radius 3 is 1.97 bits per heavy atom. The fraction of sp³-hybridized carbons (Fsp3) is 0.550. The van der Waals surface area contributed by atoms with E-state index in [1.165, 1.54) is 24.3 Å². The van der Waals surface area contributed by atoms with Gasteiger partial charge in [-0.25, -0.2) is 14.0 Å². The minimum Gasteiger partial charge on any atom is -0.481 e. The average molecular weight is 463 g/mol. The number of hydrogen-bond acceptors (Lipinski definition) is 4. The molecule has 1 aliphatic carbocycles. The minimum atomic E-state index is -5.08. The standard InChI is InChI=1S/C18H24FN3O3.C2HF3O2/c19-13-5-7-14(8-6-13)20-18(25)22-11-9-21(10-12-22)16-4-2-1-3-15(16)17(23)24;3-2(4,5)1(6)7/h5-8,15-16H,1-4,9-12H2,(H,20,25)(H,23,24);(H,6,7)/t15-,16-;/m1./s1. The molecule has 1 saturated carbocycles. The van der Waals surface area contributed by atoms with Crippen LogP contribution in [0.25, 0.3) is 0 Å². The summed E-state index contributed by atoms with van der Waals surface area (Å²) in [6, 6.07) is 5.55. The van der Waals surface area contributed by atoms with Gasteiger partial charge in [0.2, 0.25) is 0 Å². The summed E-state index contributed by atoms with van der Waals surface area (Å²) in [6.07, 6.45) is -1.38. The van der Waals surface area contributed by atoms with Crippen molar-refractivity contribution < 1.29 is 42.2 Å². The van der Waals surface area contributed by atoms with Crippen LogP contribution in [0.5, 0.6) is 0 Å². The second-order valence-electron chi connectivity index (χ2n) is 7.56. The van der Waals surface area contributed by atoms with Crippen LogP contribution in [0.2, 0.25) is 0 Å². The molecule has 2 amide bonds. The van der Waals surface area contributed by atoms with E-state index in [9.17, 15) is 32.3 Å². The lowest BCUT2D eigenvalue weighted by molar-refractivity contribution is -0.192. The van der Waals surface area contributed by atoms with Crippen molar-refractivity contribution in [3.63, 3.8) is 0 Å². The van der Waals surface area contributed by atoms with Gasteiger partial charge in [0.15, 0.2) is 0 Å². The fourth-order valence-corrected chi connectivity index (χ4v) is 3.83. The Morgan fingerprint density at radius 1 is 0.938 bits per heavy atom. The molecule has 2 fully saturated rings. The summed E-state index contributed by atoms with van der Waals surface area (Å²) in [6.45, 7) is 2.50. The van der Waals surface area contributed by atoms with E-state index in [1.54, 1.807) is 4.90 Å². The molecular weight excluding hydrogens is 438 g/mol. The van der Waals surface area contributed by atoms with Gasteiger partial charge in [-0.3, -0.25) is 9.69 Å². The van der Waals surface area contributed by atoms with Crippen molar-refractivity contribution in [1.82, 2.24) is 9.80 Å². The molecule has 8 nitrogen and oxygen atoms in total. The van der Waals surface area contributed by atoms with Crippen LogP contribution in [0.3, 0.4) is 0 Å². The van der Waals surface area contributed by atoms with E-state index in [0.29, 0.717) is 31.9 Å². The number of urea groups is 1. The van der Waals surface area contributed by atoms with E-state index in [1.807, 2.05) is 0 Å². The Kier molecular flexibility index (Phi) is 8.81. The molecule has 1 saturated heterocycles. The van der Waals surface area contributed by atoms with Crippen molar-refractivity contribution in [2.45, 2.75) is 37.9 Å². The lowest BCUT2D eigenvalue weighted by Crippen LogP contribution is -2.55. The van der Waals surface area contributed by atoms with Crippen LogP contribution in [0.4, 0.5) is 28.0 Å². The van der Waals surface area contributed by atoms with Crippen LogP contribution in [0.1, 0.15) is 25.7 Å². The zero-order valence-corrected chi connectivity index (χ0v) is 17.1. The predicted molar refractivity (Wildman–Crippen MR) is 106 cm³/mol. The Bertz CT molecular complexity index is 795. The van der Waals surface area contributed by atoms with Gasteiger partial charge < -0.3 is 20.4 Å². The number of alkyl halides is 3. The van der Waals surface area contributed by atoms with Crippen molar-refractivity contribution in [2.75, 3.05) is 31.5 Å². The molecule has 32 heavy (non-hydrogen) atoms. The summed E-state index contributed by atoms with van der Waals surface area (Å²) in [7, 11) is 0. The summed E-state index contributed by atoms with van der Waals surface area (Å²) in [4.78, 5) is 36.6. The Morgan fingerprint density at radius 2 is 1.47 bits per heavy atom.